The molecule has 14 heteroatoms. The number of fused-ring (bicyclic) bond motifs is 5. The van der Waals surface area contributed by atoms with Gasteiger partial charge in [0.1, 0.15) is 11.7 Å². The molecule has 3 aromatic rings. The molecule has 4 N–H and O–H groups in total. The summed E-state index contributed by atoms with van der Waals surface area (Å²) in [7, 11) is 0. The van der Waals surface area contributed by atoms with Gasteiger partial charge < -0.3 is 15.3 Å². The van der Waals surface area contributed by atoms with E-state index in [2.05, 4.69) is 25.5 Å². The largest absolute Gasteiger partial charge is 0.410 e. The van der Waals surface area contributed by atoms with Crippen molar-refractivity contribution in [2.75, 3.05) is 34.8 Å². The molecule has 1 fully saturated rings. The van der Waals surface area contributed by atoms with Crippen molar-refractivity contribution >= 4 is 40.3 Å². The highest BCUT2D eigenvalue weighted by molar-refractivity contribution is 6.07. The number of H-pyrrole nitrogens is 1. The topological polar surface area (TPSA) is 139 Å². The number of urea groups is 1. The van der Waals surface area contributed by atoms with Gasteiger partial charge >= 0.3 is 12.2 Å². The lowest BCUT2D eigenvalue weighted by atomic mass is 9.99. The highest BCUT2D eigenvalue weighted by atomic mass is 19.4. The van der Waals surface area contributed by atoms with Crippen molar-refractivity contribution in [3.8, 4) is 0 Å². The molecule has 2 aliphatic rings. The number of aliphatic hydroxyl groups is 1. The summed E-state index contributed by atoms with van der Waals surface area (Å²) in [5.41, 5.74) is 1.57. The van der Waals surface area contributed by atoms with Crippen molar-refractivity contribution in [3.05, 3.63) is 35.7 Å². The highest BCUT2D eigenvalue weighted by Crippen LogP contribution is 2.38. The van der Waals surface area contributed by atoms with Crippen LogP contribution < -0.4 is 20.4 Å². The van der Waals surface area contributed by atoms with Gasteiger partial charge in [0, 0.05) is 18.8 Å². The normalized spacial score (nSPS) is 18.1. The van der Waals surface area contributed by atoms with Crippen molar-refractivity contribution in [2.24, 2.45) is 0 Å². The number of carbonyl (C=O) groups excluding carboxylic acids is 2. The number of carbonyl (C=O) groups is 2. The Morgan fingerprint density at radius 3 is 2.81 bits per heavy atom. The maximum absolute atomic E-state index is 13.5. The van der Waals surface area contributed by atoms with E-state index >= 15 is 0 Å². The number of aromatic nitrogens is 4. The molecule has 0 aliphatic carbocycles. The predicted molar refractivity (Wildman–Crippen MR) is 124 cm³/mol. The standard InChI is InChI=1S/C22H23F3N8O3/c1-11-4-5-13-17(26-11)30-31-18(13)29-21(36)33-12-3-2-8-32(9-12)15-7-6-14(27-19(15)33)20(35)28-16(10-34)22(23,24)25/h4-7,12,16,34H,2-3,8-10H2,1H3,(H,28,35)(H2,26,29,30,31,36)/t12-,16-/m0/s1. The monoisotopic (exact) mass is 504 g/mol. The number of piperidine rings is 1. The average Bonchev–Trinajstić information content (AvgIpc) is 3.23. The van der Waals surface area contributed by atoms with E-state index in [1.807, 2.05) is 11.8 Å². The first-order chi connectivity index (χ1) is 17.2. The number of nitrogens with one attached hydrogen (secondary N) is 3. The van der Waals surface area contributed by atoms with Crippen LogP contribution in [0.1, 0.15) is 29.0 Å². The van der Waals surface area contributed by atoms with Crippen molar-refractivity contribution in [1.29, 1.82) is 0 Å². The van der Waals surface area contributed by atoms with E-state index in [4.69, 9.17) is 5.11 Å². The number of aromatic amines is 1. The van der Waals surface area contributed by atoms with E-state index in [-0.39, 0.29) is 23.4 Å². The summed E-state index contributed by atoms with van der Waals surface area (Å²) in [5, 5.41) is 21.1. The summed E-state index contributed by atoms with van der Waals surface area (Å²) >= 11 is 0. The number of nitrogens with zero attached hydrogens (tertiary/aromatic N) is 5. The Hall–Kier alpha value is -3.94. The quantitative estimate of drug-likeness (QED) is 0.428. The third kappa shape index (κ3) is 4.27. The molecule has 3 aromatic heterocycles. The Labute approximate surface area is 202 Å². The number of hydrogen-bond donors (Lipinski definition) is 4. The Morgan fingerprint density at radius 2 is 2.06 bits per heavy atom. The molecule has 1 saturated heterocycles. The van der Waals surface area contributed by atoms with Crippen LogP contribution >= 0.6 is 0 Å². The van der Waals surface area contributed by atoms with Crippen LogP contribution in [0, 0.1) is 6.92 Å². The molecule has 190 valence electrons. The number of aliphatic hydroxyl groups excluding tert-OH is 1. The minimum Gasteiger partial charge on any atom is -0.394 e. The first-order valence-corrected chi connectivity index (χ1v) is 11.3. The fraction of sp³-hybridized carbons (Fsp3) is 0.409. The van der Waals surface area contributed by atoms with Crippen molar-refractivity contribution < 1.29 is 27.9 Å². The van der Waals surface area contributed by atoms with Gasteiger partial charge in [0.15, 0.2) is 17.3 Å². The second-order valence-corrected chi connectivity index (χ2v) is 8.75. The SMILES string of the molecule is Cc1ccc2c(NC(=O)N3c4nc(C(=O)N[C@@H](CO)C(F)(F)F)ccc4N4CCC[C@H]3C4)n[nH]c2n1. The molecule has 0 unspecified atom stereocenters. The summed E-state index contributed by atoms with van der Waals surface area (Å²) < 4.78 is 39.1. The van der Waals surface area contributed by atoms with E-state index in [0.717, 1.165) is 18.7 Å². The van der Waals surface area contributed by atoms with Gasteiger partial charge in [-0.1, -0.05) is 0 Å². The molecule has 11 nitrogen and oxygen atoms in total. The van der Waals surface area contributed by atoms with Gasteiger partial charge in [-0.2, -0.15) is 18.3 Å². The molecule has 3 amide bonds. The Morgan fingerprint density at radius 1 is 1.25 bits per heavy atom. The molecular formula is C22H23F3N8O3. The Kier molecular flexibility index (Phi) is 5.90. The molecule has 0 spiro atoms. The number of anilines is 3. The number of aryl methyl sites for hydroxylation is 1. The van der Waals surface area contributed by atoms with Gasteiger partial charge in [-0.25, -0.2) is 14.8 Å². The van der Waals surface area contributed by atoms with Crippen LogP contribution in [-0.2, 0) is 0 Å². The molecule has 0 saturated carbocycles. The number of alkyl halides is 3. The van der Waals surface area contributed by atoms with Gasteiger partial charge in [-0.05, 0) is 44.0 Å². The van der Waals surface area contributed by atoms with Crippen LogP contribution in [0.25, 0.3) is 11.0 Å². The van der Waals surface area contributed by atoms with E-state index in [9.17, 15) is 22.8 Å². The van der Waals surface area contributed by atoms with E-state index in [1.54, 1.807) is 23.5 Å². The molecule has 2 bridgehead atoms. The third-order valence-corrected chi connectivity index (χ3v) is 6.31. The summed E-state index contributed by atoms with van der Waals surface area (Å²) in [6.45, 7) is 1.80. The van der Waals surface area contributed by atoms with E-state index in [0.29, 0.717) is 29.7 Å². The number of rotatable bonds is 4. The van der Waals surface area contributed by atoms with Crippen LogP contribution in [0.4, 0.5) is 35.3 Å². The van der Waals surface area contributed by atoms with E-state index in [1.165, 1.54) is 11.0 Å². The molecule has 5 heterocycles. The van der Waals surface area contributed by atoms with Crippen molar-refractivity contribution in [2.45, 2.75) is 38.0 Å². The fourth-order valence-corrected chi connectivity index (χ4v) is 4.53. The predicted octanol–water partition coefficient (Wildman–Crippen LogP) is 2.34. The van der Waals surface area contributed by atoms with Crippen LogP contribution in [-0.4, -0.2) is 75.2 Å². The van der Waals surface area contributed by atoms with Crippen LogP contribution in [0.3, 0.4) is 0 Å². The Bertz CT molecular complexity index is 1330. The zero-order chi connectivity index (χ0) is 25.6. The summed E-state index contributed by atoms with van der Waals surface area (Å²) in [6, 6.07) is 3.21. The van der Waals surface area contributed by atoms with E-state index < -0.39 is 30.8 Å². The lowest BCUT2D eigenvalue weighted by Crippen LogP contribution is -2.56. The van der Waals surface area contributed by atoms with Crippen LogP contribution in [0.15, 0.2) is 24.3 Å². The third-order valence-electron chi connectivity index (χ3n) is 6.31. The molecular weight excluding hydrogens is 481 g/mol. The Balaban J connectivity index is 1.47. The van der Waals surface area contributed by atoms with Gasteiger partial charge in [-0.15, -0.1) is 0 Å². The number of pyridine rings is 2. The summed E-state index contributed by atoms with van der Waals surface area (Å²) in [6.07, 6.45) is -3.31. The lowest BCUT2D eigenvalue weighted by molar-refractivity contribution is -0.161. The molecule has 2 atom stereocenters. The second-order valence-electron chi connectivity index (χ2n) is 8.75. The average molecular weight is 504 g/mol. The summed E-state index contributed by atoms with van der Waals surface area (Å²) in [4.78, 5) is 38.1. The van der Waals surface area contributed by atoms with Crippen molar-refractivity contribution in [3.63, 3.8) is 0 Å². The minimum absolute atomic E-state index is 0.164. The molecule has 0 aromatic carbocycles. The molecule has 0 radical (unpaired) electrons. The molecule has 5 rings (SSSR count). The highest BCUT2D eigenvalue weighted by Gasteiger charge is 2.42. The van der Waals surface area contributed by atoms with Crippen molar-refractivity contribution in [1.82, 2.24) is 25.5 Å². The first kappa shape index (κ1) is 23.8. The van der Waals surface area contributed by atoms with Gasteiger partial charge in [0.05, 0.1) is 23.7 Å². The fourth-order valence-electron chi connectivity index (χ4n) is 4.53. The minimum atomic E-state index is -4.83. The first-order valence-electron chi connectivity index (χ1n) is 11.3. The number of halogens is 3. The maximum atomic E-state index is 13.5. The molecule has 36 heavy (non-hydrogen) atoms. The lowest BCUT2D eigenvalue weighted by Gasteiger charge is -2.45. The maximum Gasteiger partial charge on any atom is 0.410 e. The van der Waals surface area contributed by atoms with Gasteiger partial charge in [0.2, 0.25) is 0 Å². The van der Waals surface area contributed by atoms with Crippen LogP contribution in [0.2, 0.25) is 0 Å². The molecule has 2 aliphatic heterocycles. The number of amides is 3. The summed E-state index contributed by atoms with van der Waals surface area (Å²) in [5.74, 6) is -0.676. The van der Waals surface area contributed by atoms with Gasteiger partial charge in [-0.3, -0.25) is 20.1 Å². The van der Waals surface area contributed by atoms with Crippen LogP contribution in [0.5, 0.6) is 0 Å². The smallest absolute Gasteiger partial charge is 0.394 e. The van der Waals surface area contributed by atoms with Gasteiger partial charge in [0.25, 0.3) is 5.91 Å². The second kappa shape index (κ2) is 8.93. The zero-order valence-electron chi connectivity index (χ0n) is 19.1. The number of hydrogen-bond acceptors (Lipinski definition) is 7. The zero-order valence-corrected chi connectivity index (χ0v) is 19.1.